The highest BCUT2D eigenvalue weighted by molar-refractivity contribution is 8.00. The van der Waals surface area contributed by atoms with Crippen molar-refractivity contribution in [2.75, 3.05) is 26.4 Å². The minimum absolute atomic E-state index is 0.0230. The van der Waals surface area contributed by atoms with Crippen LogP contribution in [0.4, 0.5) is 9.59 Å². The van der Waals surface area contributed by atoms with E-state index < -0.39 is 23.9 Å². The Morgan fingerprint density at radius 3 is 2.57 bits per heavy atom. The van der Waals surface area contributed by atoms with Crippen molar-refractivity contribution in [2.24, 2.45) is 5.92 Å². The lowest BCUT2D eigenvalue weighted by molar-refractivity contribution is -0.156. The summed E-state index contributed by atoms with van der Waals surface area (Å²) in [5, 5.41) is 2.92. The van der Waals surface area contributed by atoms with E-state index in [2.05, 4.69) is 18.5 Å². The van der Waals surface area contributed by atoms with Crippen molar-refractivity contribution in [2.45, 2.75) is 68.7 Å². The van der Waals surface area contributed by atoms with Gasteiger partial charge in [0.25, 0.3) is 0 Å². The molecule has 2 amide bonds. The molecule has 4 atom stereocenters. The fourth-order valence-corrected chi connectivity index (χ4v) is 5.62. The zero-order chi connectivity index (χ0) is 26.0. The van der Waals surface area contributed by atoms with Gasteiger partial charge < -0.3 is 29.2 Å². The van der Waals surface area contributed by atoms with Gasteiger partial charge in [-0.25, -0.2) is 9.59 Å². The number of nitrogens with one attached hydrogen (secondary N) is 1. The average Bonchev–Trinajstić information content (AvgIpc) is 3.16. The van der Waals surface area contributed by atoms with E-state index in [4.69, 9.17) is 18.9 Å². The van der Waals surface area contributed by atoms with Crippen molar-refractivity contribution < 1.29 is 38.1 Å². The molecule has 0 radical (unpaired) electrons. The van der Waals surface area contributed by atoms with Crippen LogP contribution in [0.15, 0.2) is 25.3 Å². The second kappa shape index (κ2) is 13.4. The predicted molar refractivity (Wildman–Crippen MR) is 131 cm³/mol. The smallest absolute Gasteiger partial charge is 0.466 e. The summed E-state index contributed by atoms with van der Waals surface area (Å²) in [6.07, 6.45) is 3.04. The molecular formula is C24H36N2O8S. The van der Waals surface area contributed by atoms with E-state index in [1.54, 1.807) is 37.4 Å². The molecule has 2 rings (SSSR count). The number of hydrogen-bond donors (Lipinski definition) is 1. The first-order valence-corrected chi connectivity index (χ1v) is 12.6. The van der Waals surface area contributed by atoms with Crippen LogP contribution in [0.1, 0.15) is 46.5 Å². The van der Waals surface area contributed by atoms with Crippen molar-refractivity contribution in [3.05, 3.63) is 25.3 Å². The topological polar surface area (TPSA) is 120 Å². The molecule has 0 aromatic carbocycles. The van der Waals surface area contributed by atoms with Crippen LogP contribution in [-0.2, 0) is 28.5 Å². The molecule has 1 unspecified atom stereocenters. The lowest BCUT2D eigenvalue weighted by Gasteiger charge is -2.43. The first-order chi connectivity index (χ1) is 16.6. The third-order valence-electron chi connectivity index (χ3n) is 5.68. The maximum atomic E-state index is 12.5. The monoisotopic (exact) mass is 512 g/mol. The number of β-lactam (4-membered cyclic amide) rings is 1. The van der Waals surface area contributed by atoms with Gasteiger partial charge in [0.2, 0.25) is 5.91 Å². The molecule has 0 saturated carbocycles. The average molecular weight is 513 g/mol. The molecular weight excluding hydrogens is 476 g/mol. The van der Waals surface area contributed by atoms with E-state index >= 15 is 0 Å². The van der Waals surface area contributed by atoms with Crippen LogP contribution in [0.3, 0.4) is 0 Å². The Balaban J connectivity index is 1.63. The summed E-state index contributed by atoms with van der Waals surface area (Å²) < 4.78 is 20.3. The van der Waals surface area contributed by atoms with Gasteiger partial charge >= 0.3 is 18.2 Å². The van der Waals surface area contributed by atoms with Gasteiger partial charge in [-0.1, -0.05) is 25.3 Å². The standard InChI is InChI=1S/C24H36N2O8S/c1-6-12-32-22(29)25-24(4,5)11-10-18(27)31-14-8-9-17-15-26-20(28)19(21(26)35-17)16(3)34-23(30)33-13-7-2/h6-7,16-17,19,21H,1-2,8-15H2,3-5H3,(H,25,29)/t16-,17?,19+,21-/m1/s1. The van der Waals surface area contributed by atoms with Crippen LogP contribution in [0.25, 0.3) is 0 Å². The molecule has 2 heterocycles. The molecule has 0 aliphatic carbocycles. The third kappa shape index (κ3) is 8.79. The molecule has 10 nitrogen and oxygen atoms in total. The van der Waals surface area contributed by atoms with Gasteiger partial charge in [-0.05, 0) is 40.0 Å². The van der Waals surface area contributed by atoms with Crippen LogP contribution in [-0.4, -0.2) is 77.7 Å². The number of carbonyl (C=O) groups is 4. The van der Waals surface area contributed by atoms with Gasteiger partial charge in [-0.15, -0.1) is 11.8 Å². The predicted octanol–water partition coefficient (Wildman–Crippen LogP) is 3.41. The summed E-state index contributed by atoms with van der Waals surface area (Å²) in [6.45, 7) is 13.4. The zero-order valence-corrected chi connectivity index (χ0v) is 21.5. The Morgan fingerprint density at radius 2 is 1.89 bits per heavy atom. The second-order valence-electron chi connectivity index (χ2n) is 9.10. The van der Waals surface area contributed by atoms with Crippen molar-refractivity contribution in [3.63, 3.8) is 0 Å². The van der Waals surface area contributed by atoms with E-state index in [0.29, 0.717) is 26.0 Å². The lowest BCUT2D eigenvalue weighted by atomic mass is 9.92. The molecule has 0 aromatic heterocycles. The first kappa shape index (κ1) is 28.5. The van der Waals surface area contributed by atoms with Gasteiger partial charge in [0, 0.05) is 23.8 Å². The largest absolute Gasteiger partial charge is 0.508 e. The fraction of sp³-hybridized carbons (Fsp3) is 0.667. The van der Waals surface area contributed by atoms with E-state index in [-0.39, 0.29) is 48.1 Å². The number of hydrogen-bond acceptors (Lipinski definition) is 9. The number of carbonyl (C=O) groups excluding carboxylic acids is 4. The van der Waals surface area contributed by atoms with E-state index in [9.17, 15) is 19.2 Å². The number of esters is 1. The summed E-state index contributed by atoms with van der Waals surface area (Å²) in [6, 6.07) is 0. The summed E-state index contributed by atoms with van der Waals surface area (Å²) in [7, 11) is 0. The van der Waals surface area contributed by atoms with E-state index in [0.717, 1.165) is 6.42 Å². The normalized spacial score (nSPS) is 21.7. The van der Waals surface area contributed by atoms with Gasteiger partial charge in [-0.2, -0.15) is 0 Å². The number of rotatable bonds is 14. The van der Waals surface area contributed by atoms with Crippen molar-refractivity contribution in [3.8, 4) is 0 Å². The number of alkyl carbamates (subject to hydrolysis) is 1. The minimum atomic E-state index is -0.809. The summed E-state index contributed by atoms with van der Waals surface area (Å²) in [5.74, 6) is -0.734. The SMILES string of the molecule is C=CCOC(=O)NC(C)(C)CCC(=O)OCCCC1CN2C(=O)[C@H]([C@@H](C)OC(=O)OCC=C)[C@H]2S1. The second-order valence-corrected chi connectivity index (χ2v) is 10.5. The minimum Gasteiger partial charge on any atom is -0.466 e. The van der Waals surface area contributed by atoms with Gasteiger partial charge in [0.15, 0.2) is 0 Å². The van der Waals surface area contributed by atoms with Crippen LogP contribution in [0.5, 0.6) is 0 Å². The lowest BCUT2D eigenvalue weighted by Crippen LogP contribution is -2.60. The maximum Gasteiger partial charge on any atom is 0.508 e. The van der Waals surface area contributed by atoms with E-state index in [1.165, 1.54) is 12.2 Å². The number of amides is 2. The molecule has 2 aliphatic heterocycles. The molecule has 2 fully saturated rings. The Hall–Kier alpha value is -2.69. The Labute approximate surface area is 210 Å². The molecule has 0 spiro atoms. The Morgan fingerprint density at radius 1 is 1.20 bits per heavy atom. The van der Waals surface area contributed by atoms with Crippen LogP contribution >= 0.6 is 11.8 Å². The molecule has 0 bridgehead atoms. The first-order valence-electron chi connectivity index (χ1n) is 11.7. The molecule has 1 N–H and O–H groups in total. The molecule has 35 heavy (non-hydrogen) atoms. The summed E-state index contributed by atoms with van der Waals surface area (Å²) in [5.41, 5.74) is -0.613. The molecule has 196 valence electrons. The molecule has 2 saturated heterocycles. The Kier molecular flexibility index (Phi) is 10.9. The van der Waals surface area contributed by atoms with Crippen molar-refractivity contribution in [1.29, 1.82) is 0 Å². The molecule has 11 heteroatoms. The van der Waals surface area contributed by atoms with Gasteiger partial charge in [0.05, 0.1) is 12.0 Å². The quantitative estimate of drug-likeness (QED) is 0.123. The highest BCUT2D eigenvalue weighted by Crippen LogP contribution is 2.46. The summed E-state index contributed by atoms with van der Waals surface area (Å²) in [4.78, 5) is 49.7. The van der Waals surface area contributed by atoms with Crippen LogP contribution in [0.2, 0.25) is 0 Å². The zero-order valence-electron chi connectivity index (χ0n) is 20.7. The summed E-state index contributed by atoms with van der Waals surface area (Å²) >= 11 is 1.69. The van der Waals surface area contributed by atoms with E-state index in [1.807, 2.05) is 0 Å². The van der Waals surface area contributed by atoms with Crippen LogP contribution < -0.4 is 5.32 Å². The number of fused-ring (bicyclic) bond motifs is 1. The molecule has 2 aliphatic rings. The maximum absolute atomic E-state index is 12.5. The highest BCUT2D eigenvalue weighted by Gasteiger charge is 2.56. The number of thioether (sulfide) groups is 1. The molecule has 0 aromatic rings. The van der Waals surface area contributed by atoms with Gasteiger partial charge in [0.1, 0.15) is 25.2 Å². The number of nitrogens with zero attached hydrogens (tertiary/aromatic N) is 1. The van der Waals surface area contributed by atoms with Gasteiger partial charge in [-0.3, -0.25) is 9.59 Å². The van der Waals surface area contributed by atoms with Crippen LogP contribution in [0, 0.1) is 5.92 Å². The number of ether oxygens (including phenoxy) is 4. The fourth-order valence-electron chi connectivity index (χ4n) is 3.83. The van der Waals surface area contributed by atoms with Crippen molar-refractivity contribution >= 4 is 35.9 Å². The highest BCUT2D eigenvalue weighted by atomic mass is 32.2. The Bertz CT molecular complexity index is 802. The van der Waals surface area contributed by atoms with Crippen molar-refractivity contribution in [1.82, 2.24) is 10.2 Å². The third-order valence-corrected chi connectivity index (χ3v) is 7.28.